The van der Waals surface area contributed by atoms with Crippen LogP contribution >= 0.6 is 36.2 Å². The normalized spacial score (nSPS) is 21.6. The van der Waals surface area contributed by atoms with Gasteiger partial charge < -0.3 is 10.2 Å². The van der Waals surface area contributed by atoms with E-state index < -0.39 is 0 Å². The van der Waals surface area contributed by atoms with E-state index in [1.54, 1.807) is 0 Å². The molecule has 1 aliphatic rings. The summed E-state index contributed by atoms with van der Waals surface area (Å²) in [4.78, 5) is 2.47. The number of hydrogen-bond acceptors (Lipinski definition) is 3. The highest BCUT2D eigenvalue weighted by atomic mass is 35.5. The molecule has 5 heteroatoms. The molecule has 1 saturated carbocycles. The predicted molar refractivity (Wildman–Crippen MR) is 132 cm³/mol. The van der Waals surface area contributed by atoms with E-state index in [0.717, 1.165) is 13.0 Å². The Bertz CT molecular complexity index is 871. The standard InChI is InChI=1S/C24H30N2S.2ClH/c1-26(2)24(16-19-8-4-3-5-9-19)14-12-21(13-15-24)25-17-20-18-27-23-11-7-6-10-22(20)23;;/h3-11,18,21,25H,12-17H2,1-2H3;2*1H. The highest BCUT2D eigenvalue weighted by molar-refractivity contribution is 7.17. The summed E-state index contributed by atoms with van der Waals surface area (Å²) in [5.41, 5.74) is 3.21. The lowest BCUT2D eigenvalue weighted by atomic mass is 9.75. The molecule has 158 valence electrons. The van der Waals surface area contributed by atoms with Crippen LogP contribution < -0.4 is 5.32 Å². The molecule has 1 N–H and O–H groups in total. The largest absolute Gasteiger partial charge is 0.310 e. The molecule has 0 radical (unpaired) electrons. The van der Waals surface area contributed by atoms with Crippen molar-refractivity contribution in [3.8, 4) is 0 Å². The Morgan fingerprint density at radius 2 is 1.62 bits per heavy atom. The molecule has 4 rings (SSSR count). The summed E-state index contributed by atoms with van der Waals surface area (Å²) in [5.74, 6) is 0. The van der Waals surface area contributed by atoms with Gasteiger partial charge in [0.1, 0.15) is 0 Å². The van der Waals surface area contributed by atoms with Crippen LogP contribution in [0.3, 0.4) is 0 Å². The zero-order valence-corrected chi connectivity index (χ0v) is 19.7. The number of nitrogens with zero attached hydrogens (tertiary/aromatic N) is 1. The number of fused-ring (bicyclic) bond motifs is 1. The highest BCUT2D eigenvalue weighted by Gasteiger charge is 2.37. The number of likely N-dealkylation sites (N-methyl/N-ethyl adjacent to an activating group) is 1. The van der Waals surface area contributed by atoms with Crippen molar-refractivity contribution in [2.75, 3.05) is 14.1 Å². The van der Waals surface area contributed by atoms with E-state index in [9.17, 15) is 0 Å². The lowest BCUT2D eigenvalue weighted by Crippen LogP contribution is -2.51. The first kappa shape index (κ1) is 24.2. The molecular weight excluding hydrogens is 419 g/mol. The average molecular weight is 452 g/mol. The molecule has 1 aliphatic carbocycles. The van der Waals surface area contributed by atoms with E-state index in [1.165, 1.54) is 46.9 Å². The number of nitrogens with one attached hydrogen (secondary N) is 1. The van der Waals surface area contributed by atoms with Crippen molar-refractivity contribution in [2.24, 2.45) is 0 Å². The smallest absolute Gasteiger partial charge is 0.0346 e. The molecule has 29 heavy (non-hydrogen) atoms. The minimum Gasteiger partial charge on any atom is -0.310 e. The summed E-state index contributed by atoms with van der Waals surface area (Å²) in [6.45, 7) is 0.988. The molecule has 2 aromatic carbocycles. The Labute approximate surface area is 191 Å². The van der Waals surface area contributed by atoms with Gasteiger partial charge in [0.2, 0.25) is 0 Å². The van der Waals surface area contributed by atoms with E-state index in [2.05, 4.69) is 84.3 Å². The van der Waals surface area contributed by atoms with Gasteiger partial charge in [0, 0.05) is 22.8 Å². The quantitative estimate of drug-likeness (QED) is 0.472. The molecule has 0 spiro atoms. The fourth-order valence-corrected chi connectivity index (χ4v) is 5.50. The van der Waals surface area contributed by atoms with Crippen LogP contribution in [0.2, 0.25) is 0 Å². The van der Waals surface area contributed by atoms with Crippen molar-refractivity contribution < 1.29 is 0 Å². The lowest BCUT2D eigenvalue weighted by Gasteiger charge is -2.45. The van der Waals surface area contributed by atoms with Gasteiger partial charge in [-0.2, -0.15) is 0 Å². The fourth-order valence-electron chi connectivity index (χ4n) is 4.54. The van der Waals surface area contributed by atoms with E-state index in [1.807, 2.05) is 11.3 Å². The SMILES string of the molecule is CN(C)C1(Cc2ccccc2)CCC(NCc2csc3ccccc23)CC1.Cl.Cl. The Balaban J connectivity index is 0.00000150. The third kappa shape index (κ3) is 5.53. The molecule has 1 fully saturated rings. The summed E-state index contributed by atoms with van der Waals surface area (Å²) in [6.07, 6.45) is 6.19. The van der Waals surface area contributed by atoms with E-state index in [0.29, 0.717) is 11.6 Å². The van der Waals surface area contributed by atoms with Crippen LogP contribution in [0.5, 0.6) is 0 Å². The summed E-state index contributed by atoms with van der Waals surface area (Å²) in [6, 6.07) is 20.4. The van der Waals surface area contributed by atoms with Gasteiger partial charge in [0.15, 0.2) is 0 Å². The van der Waals surface area contributed by atoms with E-state index >= 15 is 0 Å². The number of halogens is 2. The predicted octanol–water partition coefficient (Wildman–Crippen LogP) is 6.32. The molecule has 0 saturated heterocycles. The first-order valence-corrected chi connectivity index (χ1v) is 10.9. The van der Waals surface area contributed by atoms with Crippen molar-refractivity contribution in [1.29, 1.82) is 0 Å². The molecule has 1 heterocycles. The van der Waals surface area contributed by atoms with Crippen molar-refractivity contribution in [3.63, 3.8) is 0 Å². The van der Waals surface area contributed by atoms with Gasteiger partial charge in [-0.1, -0.05) is 48.5 Å². The van der Waals surface area contributed by atoms with E-state index in [-0.39, 0.29) is 24.8 Å². The van der Waals surface area contributed by atoms with Crippen molar-refractivity contribution in [1.82, 2.24) is 10.2 Å². The topological polar surface area (TPSA) is 15.3 Å². The maximum absolute atomic E-state index is 3.84. The van der Waals surface area contributed by atoms with Crippen LogP contribution in [0.25, 0.3) is 10.1 Å². The highest BCUT2D eigenvalue weighted by Crippen LogP contribution is 2.36. The van der Waals surface area contributed by atoms with Gasteiger partial charge in [0.25, 0.3) is 0 Å². The second-order valence-electron chi connectivity index (χ2n) is 8.19. The molecule has 0 bridgehead atoms. The monoisotopic (exact) mass is 450 g/mol. The second-order valence-corrected chi connectivity index (χ2v) is 9.10. The maximum Gasteiger partial charge on any atom is 0.0346 e. The van der Waals surface area contributed by atoms with Gasteiger partial charge in [-0.15, -0.1) is 36.2 Å². The first-order valence-electron chi connectivity index (χ1n) is 10.1. The van der Waals surface area contributed by atoms with Gasteiger partial charge in [0.05, 0.1) is 0 Å². The van der Waals surface area contributed by atoms with Crippen LogP contribution in [-0.2, 0) is 13.0 Å². The molecule has 0 atom stereocenters. The van der Waals surface area contributed by atoms with Crippen LogP contribution in [-0.4, -0.2) is 30.6 Å². The number of rotatable bonds is 6. The minimum absolute atomic E-state index is 0. The first-order chi connectivity index (χ1) is 13.2. The Kier molecular flexibility index (Phi) is 8.99. The third-order valence-electron chi connectivity index (χ3n) is 6.38. The van der Waals surface area contributed by atoms with Crippen LogP contribution in [0, 0.1) is 0 Å². The van der Waals surface area contributed by atoms with Gasteiger partial charge in [-0.3, -0.25) is 0 Å². The van der Waals surface area contributed by atoms with Crippen molar-refractivity contribution >= 4 is 46.2 Å². The minimum atomic E-state index is 0. The van der Waals surface area contributed by atoms with Crippen LogP contribution in [0.15, 0.2) is 60.0 Å². The Hall–Kier alpha value is -1.10. The summed E-state index contributed by atoms with van der Waals surface area (Å²) < 4.78 is 1.40. The zero-order valence-electron chi connectivity index (χ0n) is 17.3. The molecule has 0 amide bonds. The van der Waals surface area contributed by atoms with Gasteiger partial charge >= 0.3 is 0 Å². The second kappa shape index (κ2) is 10.8. The van der Waals surface area contributed by atoms with E-state index in [4.69, 9.17) is 0 Å². The van der Waals surface area contributed by atoms with Crippen molar-refractivity contribution in [2.45, 2.75) is 50.2 Å². The molecule has 0 aliphatic heterocycles. The number of benzene rings is 2. The fraction of sp³-hybridized carbons (Fsp3) is 0.417. The number of hydrogen-bond donors (Lipinski definition) is 1. The summed E-state index contributed by atoms with van der Waals surface area (Å²) in [7, 11) is 4.52. The average Bonchev–Trinajstić information content (AvgIpc) is 3.11. The summed E-state index contributed by atoms with van der Waals surface area (Å²) in [5, 5.41) is 7.58. The maximum atomic E-state index is 3.84. The van der Waals surface area contributed by atoms with Gasteiger partial charge in [-0.05, 0) is 74.2 Å². The molecule has 2 nitrogen and oxygen atoms in total. The summed E-state index contributed by atoms with van der Waals surface area (Å²) >= 11 is 1.86. The number of thiophene rings is 1. The van der Waals surface area contributed by atoms with Gasteiger partial charge in [-0.25, -0.2) is 0 Å². The molecular formula is C24H32Cl2N2S. The zero-order chi connectivity index (χ0) is 18.7. The molecule has 1 aromatic heterocycles. The lowest BCUT2D eigenvalue weighted by molar-refractivity contribution is 0.0871. The third-order valence-corrected chi connectivity index (χ3v) is 7.40. The van der Waals surface area contributed by atoms with Crippen LogP contribution in [0.4, 0.5) is 0 Å². The Morgan fingerprint density at radius 1 is 0.966 bits per heavy atom. The molecule has 0 unspecified atom stereocenters. The Morgan fingerprint density at radius 3 is 2.31 bits per heavy atom. The van der Waals surface area contributed by atoms with Crippen LogP contribution in [0.1, 0.15) is 36.8 Å². The van der Waals surface area contributed by atoms with Crippen molar-refractivity contribution in [3.05, 3.63) is 71.1 Å². The molecule has 3 aromatic rings.